The molecule has 0 amide bonds. The second kappa shape index (κ2) is 8.17. The van der Waals surface area contributed by atoms with Gasteiger partial charge in [-0.05, 0) is 36.4 Å². The normalized spacial score (nSPS) is 16.8. The Balaban J connectivity index is 1.36. The van der Waals surface area contributed by atoms with Crippen LogP contribution in [0.4, 0.5) is 0 Å². The van der Waals surface area contributed by atoms with E-state index in [0.29, 0.717) is 17.9 Å². The molecule has 1 aliphatic rings. The van der Waals surface area contributed by atoms with Crippen LogP contribution in [0.3, 0.4) is 0 Å². The van der Waals surface area contributed by atoms with Gasteiger partial charge >= 0.3 is 5.76 Å². The van der Waals surface area contributed by atoms with Gasteiger partial charge in [0.1, 0.15) is 0 Å². The van der Waals surface area contributed by atoms with E-state index in [1.54, 1.807) is 27.7 Å². The molecule has 3 aromatic heterocycles. The predicted octanol–water partition coefficient (Wildman–Crippen LogP) is 3.89. The van der Waals surface area contributed by atoms with Crippen LogP contribution in [0.5, 0.6) is 0 Å². The Bertz CT molecular complexity index is 1160. The van der Waals surface area contributed by atoms with Crippen LogP contribution in [-0.4, -0.2) is 37.8 Å². The first-order chi connectivity index (χ1) is 14.3. The molecule has 1 aliphatic heterocycles. The van der Waals surface area contributed by atoms with E-state index in [9.17, 15) is 4.79 Å². The number of fused-ring (bicyclic) bond motifs is 1. The smallest absolute Gasteiger partial charge is 0.408 e. The summed E-state index contributed by atoms with van der Waals surface area (Å²) in [5, 5.41) is 11.8. The number of para-hydroxylation sites is 2. The Morgan fingerprint density at radius 3 is 2.93 bits per heavy atom. The number of benzene rings is 1. The largest absolute Gasteiger partial charge is 0.419 e. The maximum Gasteiger partial charge on any atom is 0.419 e. The van der Waals surface area contributed by atoms with Crippen molar-refractivity contribution in [1.29, 1.82) is 0 Å². The summed E-state index contributed by atoms with van der Waals surface area (Å²) in [5.74, 6) is 1.24. The Hall–Kier alpha value is -2.36. The highest BCUT2D eigenvalue weighted by Gasteiger charge is 2.22. The van der Waals surface area contributed by atoms with Gasteiger partial charge in [-0.2, -0.15) is 0 Å². The zero-order valence-corrected chi connectivity index (χ0v) is 17.3. The van der Waals surface area contributed by atoms with Crippen LogP contribution in [0.25, 0.3) is 21.8 Å². The average Bonchev–Trinajstić information content (AvgIpc) is 3.51. The standard InChI is InChI=1S/C20H20N4O3S2/c25-20-23(15-6-1-2-7-16(15)27-20)9-12-29-19-22-21-18(17-8-4-11-28-17)24(19)13-14-5-3-10-26-14/h1-2,4,6-8,11,14H,3,5,9-10,12-13H2/t14-/m1/s1. The molecule has 7 nitrogen and oxygen atoms in total. The molecular weight excluding hydrogens is 408 g/mol. The van der Waals surface area contributed by atoms with E-state index in [-0.39, 0.29) is 11.9 Å². The van der Waals surface area contributed by atoms with Crippen LogP contribution in [0.1, 0.15) is 12.8 Å². The minimum Gasteiger partial charge on any atom is -0.408 e. The molecule has 0 N–H and O–H groups in total. The number of hydrogen-bond donors (Lipinski definition) is 0. The minimum atomic E-state index is -0.327. The van der Waals surface area contributed by atoms with E-state index >= 15 is 0 Å². The third kappa shape index (κ3) is 3.77. The van der Waals surface area contributed by atoms with Crippen LogP contribution in [0.2, 0.25) is 0 Å². The maximum absolute atomic E-state index is 12.2. The Morgan fingerprint density at radius 2 is 2.10 bits per heavy atom. The number of aryl methyl sites for hydroxylation is 1. The summed E-state index contributed by atoms with van der Waals surface area (Å²) in [4.78, 5) is 13.3. The van der Waals surface area contributed by atoms with Crippen molar-refractivity contribution in [2.24, 2.45) is 0 Å². The van der Waals surface area contributed by atoms with E-state index < -0.39 is 0 Å². The van der Waals surface area contributed by atoms with Crippen molar-refractivity contribution >= 4 is 34.2 Å². The summed E-state index contributed by atoms with van der Waals surface area (Å²) in [6.07, 6.45) is 2.35. The van der Waals surface area contributed by atoms with Crippen molar-refractivity contribution in [1.82, 2.24) is 19.3 Å². The van der Waals surface area contributed by atoms with Gasteiger partial charge in [-0.3, -0.25) is 9.13 Å². The highest BCUT2D eigenvalue weighted by atomic mass is 32.2. The number of thiophene rings is 1. The molecule has 0 saturated carbocycles. The van der Waals surface area contributed by atoms with Crippen molar-refractivity contribution in [3.8, 4) is 10.7 Å². The van der Waals surface area contributed by atoms with Gasteiger partial charge in [0.05, 0.1) is 23.0 Å². The average molecular weight is 429 g/mol. The second-order valence-electron chi connectivity index (χ2n) is 6.86. The second-order valence-corrected chi connectivity index (χ2v) is 8.87. The molecule has 29 heavy (non-hydrogen) atoms. The molecule has 4 heterocycles. The summed E-state index contributed by atoms with van der Waals surface area (Å²) < 4.78 is 15.0. The van der Waals surface area contributed by atoms with E-state index in [1.165, 1.54) is 0 Å². The topological polar surface area (TPSA) is 75.1 Å². The van der Waals surface area contributed by atoms with Gasteiger partial charge in [-0.25, -0.2) is 4.79 Å². The first-order valence-electron chi connectivity index (χ1n) is 9.59. The van der Waals surface area contributed by atoms with Crippen LogP contribution in [0.15, 0.2) is 56.1 Å². The fourth-order valence-corrected chi connectivity index (χ4v) is 5.18. The predicted molar refractivity (Wildman–Crippen MR) is 114 cm³/mol. The highest BCUT2D eigenvalue weighted by Crippen LogP contribution is 2.29. The van der Waals surface area contributed by atoms with E-state index in [0.717, 1.165) is 47.4 Å². The van der Waals surface area contributed by atoms with Gasteiger partial charge in [-0.1, -0.05) is 30.0 Å². The maximum atomic E-state index is 12.2. The van der Waals surface area contributed by atoms with E-state index in [2.05, 4.69) is 20.8 Å². The summed E-state index contributed by atoms with van der Waals surface area (Å²) >= 11 is 3.26. The highest BCUT2D eigenvalue weighted by molar-refractivity contribution is 7.99. The number of aromatic nitrogens is 4. The number of hydrogen-bond acceptors (Lipinski definition) is 7. The molecule has 1 fully saturated rings. The Kier molecular flexibility index (Phi) is 5.26. The van der Waals surface area contributed by atoms with Crippen LogP contribution >= 0.6 is 23.1 Å². The Morgan fingerprint density at radius 1 is 1.17 bits per heavy atom. The van der Waals surface area contributed by atoms with Crippen molar-refractivity contribution in [3.63, 3.8) is 0 Å². The van der Waals surface area contributed by atoms with Gasteiger partial charge < -0.3 is 9.15 Å². The molecule has 1 atom stereocenters. The lowest BCUT2D eigenvalue weighted by Crippen LogP contribution is -2.17. The first kappa shape index (κ1) is 18.7. The third-order valence-corrected chi connectivity index (χ3v) is 6.80. The van der Waals surface area contributed by atoms with Gasteiger partial charge in [-0.15, -0.1) is 21.5 Å². The molecule has 0 spiro atoms. The lowest BCUT2D eigenvalue weighted by molar-refractivity contribution is 0.0953. The fourth-order valence-electron chi connectivity index (χ4n) is 3.59. The Labute approximate surface area is 175 Å². The number of nitrogens with zero attached hydrogens (tertiary/aromatic N) is 4. The van der Waals surface area contributed by atoms with Gasteiger partial charge in [0, 0.05) is 18.9 Å². The van der Waals surface area contributed by atoms with Crippen LogP contribution in [-0.2, 0) is 17.8 Å². The summed E-state index contributed by atoms with van der Waals surface area (Å²) in [6.45, 7) is 2.11. The zero-order valence-electron chi connectivity index (χ0n) is 15.7. The molecular formula is C20H20N4O3S2. The molecule has 0 radical (unpaired) electrons. The van der Waals surface area contributed by atoms with Crippen molar-refractivity contribution in [3.05, 3.63) is 52.3 Å². The lowest BCUT2D eigenvalue weighted by Gasteiger charge is -2.14. The molecule has 1 saturated heterocycles. The molecule has 0 bridgehead atoms. The number of oxazole rings is 1. The van der Waals surface area contributed by atoms with Crippen molar-refractivity contribution < 1.29 is 9.15 Å². The van der Waals surface area contributed by atoms with Crippen LogP contribution < -0.4 is 5.76 Å². The monoisotopic (exact) mass is 428 g/mol. The number of ether oxygens (including phenoxy) is 1. The molecule has 9 heteroatoms. The van der Waals surface area contributed by atoms with E-state index in [4.69, 9.17) is 9.15 Å². The van der Waals surface area contributed by atoms with Crippen LogP contribution in [0, 0.1) is 0 Å². The third-order valence-electron chi connectivity index (χ3n) is 4.99. The van der Waals surface area contributed by atoms with Gasteiger partial charge in [0.25, 0.3) is 0 Å². The quantitative estimate of drug-likeness (QED) is 0.416. The summed E-state index contributed by atoms with van der Waals surface area (Å²) in [6, 6.07) is 11.6. The van der Waals surface area contributed by atoms with E-state index in [1.807, 2.05) is 35.7 Å². The van der Waals surface area contributed by atoms with Crippen molar-refractivity contribution in [2.45, 2.75) is 37.2 Å². The number of thioether (sulfide) groups is 1. The zero-order chi connectivity index (χ0) is 19.6. The first-order valence-corrected chi connectivity index (χ1v) is 11.5. The molecule has 5 rings (SSSR count). The summed E-state index contributed by atoms with van der Waals surface area (Å²) in [7, 11) is 0. The fraction of sp³-hybridized carbons (Fsp3) is 0.350. The molecule has 150 valence electrons. The lowest BCUT2D eigenvalue weighted by atomic mass is 10.2. The number of rotatable bonds is 7. The molecule has 0 unspecified atom stereocenters. The molecule has 4 aromatic rings. The van der Waals surface area contributed by atoms with Crippen molar-refractivity contribution in [2.75, 3.05) is 12.4 Å². The summed E-state index contributed by atoms with van der Waals surface area (Å²) in [5.41, 5.74) is 1.43. The molecule has 1 aromatic carbocycles. The minimum absolute atomic E-state index is 0.199. The van der Waals surface area contributed by atoms with Gasteiger partial charge in [0.2, 0.25) is 0 Å². The SMILES string of the molecule is O=c1oc2ccccc2n1CCSc1nnc(-c2cccs2)n1C[C@H]1CCCO1. The van der Waals surface area contributed by atoms with Gasteiger partial charge in [0.15, 0.2) is 16.6 Å². The molecule has 0 aliphatic carbocycles.